The van der Waals surface area contributed by atoms with Gasteiger partial charge in [-0.15, -0.1) is 0 Å². The Labute approximate surface area is 121 Å². The zero-order valence-electron chi connectivity index (χ0n) is 11.3. The van der Waals surface area contributed by atoms with Crippen LogP contribution in [0, 0.1) is 5.82 Å². The maximum Gasteiger partial charge on any atom is 0.252 e. The number of hydrogen-bond acceptors (Lipinski definition) is 2. The van der Waals surface area contributed by atoms with Gasteiger partial charge in [0.25, 0.3) is 5.91 Å². The van der Waals surface area contributed by atoms with Crippen LogP contribution in [0.4, 0.5) is 4.39 Å². The molecule has 1 heterocycles. The van der Waals surface area contributed by atoms with E-state index in [1.807, 2.05) is 18.2 Å². The lowest BCUT2D eigenvalue weighted by atomic mass is 10.1. The van der Waals surface area contributed by atoms with Gasteiger partial charge in [0.2, 0.25) is 0 Å². The van der Waals surface area contributed by atoms with Crippen LogP contribution >= 0.6 is 0 Å². The fourth-order valence-electron chi connectivity index (χ4n) is 2.27. The molecule has 0 unspecified atom stereocenters. The first kappa shape index (κ1) is 13.3. The summed E-state index contributed by atoms with van der Waals surface area (Å²) in [5.74, 6) is -0.416. The van der Waals surface area contributed by atoms with Gasteiger partial charge >= 0.3 is 0 Å². The van der Waals surface area contributed by atoms with E-state index >= 15 is 0 Å². The maximum absolute atomic E-state index is 13.1. The Bertz CT molecular complexity index is 782. The summed E-state index contributed by atoms with van der Waals surface area (Å²) in [7, 11) is 0. The molecular weight excluding hydrogens is 269 g/mol. The zero-order valence-corrected chi connectivity index (χ0v) is 11.3. The Morgan fingerprint density at radius 2 is 2.10 bits per heavy atom. The van der Waals surface area contributed by atoms with E-state index in [9.17, 15) is 9.18 Å². The number of amides is 1. The number of carbonyl (C=O) groups is 1. The van der Waals surface area contributed by atoms with Gasteiger partial charge in [-0.2, -0.15) is 5.10 Å². The molecule has 2 aromatic carbocycles. The third-order valence-electron chi connectivity index (χ3n) is 3.32. The Kier molecular flexibility index (Phi) is 3.64. The second kappa shape index (κ2) is 5.75. The average Bonchev–Trinajstić information content (AvgIpc) is 2.95. The molecule has 5 heteroatoms. The Morgan fingerprint density at radius 1 is 1.24 bits per heavy atom. The lowest BCUT2D eigenvalue weighted by Gasteiger charge is -2.06. The number of carbonyl (C=O) groups excluding carboxylic acids is 1. The Balaban J connectivity index is 1.65. The van der Waals surface area contributed by atoms with Crippen molar-refractivity contribution in [2.75, 3.05) is 6.54 Å². The van der Waals surface area contributed by atoms with Gasteiger partial charge in [-0.3, -0.25) is 9.89 Å². The average molecular weight is 283 g/mol. The predicted octanol–water partition coefficient (Wildman–Crippen LogP) is 2.67. The van der Waals surface area contributed by atoms with E-state index in [4.69, 9.17) is 0 Å². The van der Waals surface area contributed by atoms with E-state index in [2.05, 4.69) is 15.5 Å². The lowest BCUT2D eigenvalue weighted by Crippen LogP contribution is -2.25. The van der Waals surface area contributed by atoms with Crippen LogP contribution in [0.15, 0.2) is 48.7 Å². The smallest absolute Gasteiger partial charge is 0.252 e. The number of aromatic nitrogens is 2. The first-order valence-corrected chi connectivity index (χ1v) is 6.69. The topological polar surface area (TPSA) is 57.8 Å². The second-order valence-electron chi connectivity index (χ2n) is 4.77. The molecule has 0 saturated heterocycles. The number of H-pyrrole nitrogens is 1. The largest absolute Gasteiger partial charge is 0.352 e. The highest BCUT2D eigenvalue weighted by Crippen LogP contribution is 2.15. The van der Waals surface area contributed by atoms with Crippen molar-refractivity contribution in [3.05, 3.63) is 65.6 Å². The van der Waals surface area contributed by atoms with Crippen molar-refractivity contribution in [1.29, 1.82) is 0 Å². The van der Waals surface area contributed by atoms with Crippen LogP contribution in [0.25, 0.3) is 10.9 Å². The SMILES string of the molecule is O=C(NCCc1cccc(F)c1)c1cccc2[nH]ncc12. The number of benzene rings is 2. The summed E-state index contributed by atoms with van der Waals surface area (Å²) in [6.07, 6.45) is 2.22. The monoisotopic (exact) mass is 283 g/mol. The molecule has 0 fully saturated rings. The fourth-order valence-corrected chi connectivity index (χ4v) is 2.27. The molecule has 106 valence electrons. The van der Waals surface area contributed by atoms with Crippen molar-refractivity contribution < 1.29 is 9.18 Å². The normalized spacial score (nSPS) is 10.7. The standard InChI is InChI=1S/C16H14FN3O/c17-12-4-1-3-11(9-12)7-8-18-16(21)13-5-2-6-15-14(13)10-19-20-15/h1-6,9-10H,7-8H2,(H,18,21)(H,19,20). The van der Waals surface area contributed by atoms with Gasteiger partial charge in [0.1, 0.15) is 5.82 Å². The fraction of sp³-hybridized carbons (Fsp3) is 0.125. The molecule has 0 spiro atoms. The van der Waals surface area contributed by atoms with Crippen LogP contribution in [-0.2, 0) is 6.42 Å². The van der Waals surface area contributed by atoms with E-state index in [0.717, 1.165) is 16.5 Å². The van der Waals surface area contributed by atoms with Gasteiger partial charge in [0.05, 0.1) is 17.3 Å². The lowest BCUT2D eigenvalue weighted by molar-refractivity contribution is 0.0956. The summed E-state index contributed by atoms with van der Waals surface area (Å²) in [4.78, 5) is 12.2. The molecule has 21 heavy (non-hydrogen) atoms. The van der Waals surface area contributed by atoms with Gasteiger partial charge in [-0.25, -0.2) is 4.39 Å². The molecule has 3 rings (SSSR count). The molecule has 0 aliphatic rings. The van der Waals surface area contributed by atoms with Crippen LogP contribution in [0.5, 0.6) is 0 Å². The molecule has 0 aliphatic heterocycles. The number of halogens is 1. The Hall–Kier alpha value is -2.69. The van der Waals surface area contributed by atoms with Gasteiger partial charge < -0.3 is 5.32 Å². The summed E-state index contributed by atoms with van der Waals surface area (Å²) in [6, 6.07) is 11.8. The van der Waals surface area contributed by atoms with Crippen LogP contribution in [0.3, 0.4) is 0 Å². The number of hydrogen-bond donors (Lipinski definition) is 2. The molecule has 0 bridgehead atoms. The predicted molar refractivity (Wildman–Crippen MR) is 78.5 cm³/mol. The van der Waals surface area contributed by atoms with Crippen LogP contribution in [0.1, 0.15) is 15.9 Å². The quantitative estimate of drug-likeness (QED) is 0.773. The number of fused-ring (bicyclic) bond motifs is 1. The van der Waals surface area contributed by atoms with Crippen LogP contribution in [-0.4, -0.2) is 22.6 Å². The molecule has 3 aromatic rings. The minimum Gasteiger partial charge on any atom is -0.352 e. The highest BCUT2D eigenvalue weighted by Gasteiger charge is 2.10. The molecule has 1 amide bonds. The first-order chi connectivity index (χ1) is 10.2. The van der Waals surface area contributed by atoms with E-state index in [1.165, 1.54) is 12.1 Å². The summed E-state index contributed by atoms with van der Waals surface area (Å²) in [5.41, 5.74) is 2.27. The summed E-state index contributed by atoms with van der Waals surface area (Å²) >= 11 is 0. The summed E-state index contributed by atoms with van der Waals surface area (Å²) < 4.78 is 13.1. The van der Waals surface area contributed by atoms with Crippen LogP contribution in [0.2, 0.25) is 0 Å². The second-order valence-corrected chi connectivity index (χ2v) is 4.77. The highest BCUT2D eigenvalue weighted by atomic mass is 19.1. The first-order valence-electron chi connectivity index (χ1n) is 6.69. The molecule has 0 aliphatic carbocycles. The van der Waals surface area contributed by atoms with E-state index in [1.54, 1.807) is 18.3 Å². The van der Waals surface area contributed by atoms with Gasteiger partial charge in [-0.05, 0) is 36.2 Å². The van der Waals surface area contributed by atoms with Crippen molar-refractivity contribution >= 4 is 16.8 Å². The molecule has 2 N–H and O–H groups in total. The van der Waals surface area contributed by atoms with Crippen molar-refractivity contribution in [1.82, 2.24) is 15.5 Å². The van der Waals surface area contributed by atoms with Crippen molar-refractivity contribution in [3.8, 4) is 0 Å². The van der Waals surface area contributed by atoms with Crippen LogP contribution < -0.4 is 5.32 Å². The van der Waals surface area contributed by atoms with Crippen molar-refractivity contribution in [2.24, 2.45) is 0 Å². The van der Waals surface area contributed by atoms with Gasteiger partial charge in [-0.1, -0.05) is 18.2 Å². The minimum absolute atomic E-state index is 0.154. The molecule has 0 radical (unpaired) electrons. The molecule has 1 aromatic heterocycles. The summed E-state index contributed by atoms with van der Waals surface area (Å²) in [5, 5.41) is 10.4. The number of aromatic amines is 1. The number of nitrogens with zero attached hydrogens (tertiary/aromatic N) is 1. The van der Waals surface area contributed by atoms with Crippen molar-refractivity contribution in [2.45, 2.75) is 6.42 Å². The number of rotatable bonds is 4. The van der Waals surface area contributed by atoms with E-state index in [-0.39, 0.29) is 11.7 Å². The zero-order chi connectivity index (χ0) is 14.7. The van der Waals surface area contributed by atoms with E-state index in [0.29, 0.717) is 18.5 Å². The number of nitrogens with one attached hydrogen (secondary N) is 2. The highest BCUT2D eigenvalue weighted by molar-refractivity contribution is 6.05. The van der Waals surface area contributed by atoms with Crippen molar-refractivity contribution in [3.63, 3.8) is 0 Å². The molecule has 0 atom stereocenters. The van der Waals surface area contributed by atoms with Gasteiger partial charge in [0.15, 0.2) is 0 Å². The summed E-state index contributed by atoms with van der Waals surface area (Å²) in [6.45, 7) is 0.455. The van der Waals surface area contributed by atoms with E-state index < -0.39 is 0 Å². The third kappa shape index (κ3) is 2.91. The van der Waals surface area contributed by atoms with Gasteiger partial charge in [0, 0.05) is 11.9 Å². The third-order valence-corrected chi connectivity index (χ3v) is 3.32. The molecule has 4 nitrogen and oxygen atoms in total. The minimum atomic E-state index is -0.262. The Morgan fingerprint density at radius 3 is 2.95 bits per heavy atom. The molecular formula is C16H14FN3O. The maximum atomic E-state index is 13.1. The molecule has 0 saturated carbocycles.